The van der Waals surface area contributed by atoms with Crippen molar-refractivity contribution in [2.24, 2.45) is 11.7 Å². The Morgan fingerprint density at radius 1 is 1.45 bits per heavy atom. The first-order valence-electron chi connectivity index (χ1n) is 4.20. The first kappa shape index (κ1) is 7.08. The van der Waals surface area contributed by atoms with E-state index in [1.54, 1.807) is 0 Å². The summed E-state index contributed by atoms with van der Waals surface area (Å²) < 4.78 is 0. The van der Waals surface area contributed by atoms with E-state index >= 15 is 0 Å². The number of nitrogens with zero attached hydrogens (tertiary/aromatic N) is 2. The molecule has 0 unspecified atom stereocenters. The van der Waals surface area contributed by atoms with Crippen LogP contribution in [0.2, 0.25) is 0 Å². The molecule has 0 aromatic rings. The van der Waals surface area contributed by atoms with Crippen molar-refractivity contribution in [3.8, 4) is 6.07 Å². The van der Waals surface area contributed by atoms with Crippen LogP contribution >= 0.6 is 0 Å². The molecule has 1 aliphatic heterocycles. The average molecular weight is 151 g/mol. The molecule has 0 radical (unpaired) electrons. The number of nitriles is 1. The molecule has 2 fully saturated rings. The third-order valence-electron chi connectivity index (χ3n) is 2.53. The van der Waals surface area contributed by atoms with Gasteiger partial charge >= 0.3 is 0 Å². The van der Waals surface area contributed by atoms with Gasteiger partial charge in [0.15, 0.2) is 0 Å². The third-order valence-corrected chi connectivity index (χ3v) is 2.53. The largest absolute Gasteiger partial charge is 0.325 e. The molecule has 11 heavy (non-hydrogen) atoms. The van der Waals surface area contributed by atoms with E-state index < -0.39 is 0 Å². The van der Waals surface area contributed by atoms with Crippen molar-refractivity contribution in [1.29, 1.82) is 5.26 Å². The predicted octanol–water partition coefficient (Wildman–Crippen LogP) is -0.0685. The monoisotopic (exact) mass is 151 g/mol. The third kappa shape index (κ3) is 1.24. The second-order valence-corrected chi connectivity index (χ2v) is 3.63. The van der Waals surface area contributed by atoms with Crippen molar-refractivity contribution in [3.63, 3.8) is 0 Å². The molecule has 2 aliphatic rings. The molecule has 1 saturated heterocycles. The van der Waals surface area contributed by atoms with Crippen LogP contribution in [0.3, 0.4) is 0 Å². The molecule has 1 aliphatic carbocycles. The summed E-state index contributed by atoms with van der Waals surface area (Å²) in [6, 6.07) is 2.86. The summed E-state index contributed by atoms with van der Waals surface area (Å²) in [5, 5.41) is 8.83. The summed E-state index contributed by atoms with van der Waals surface area (Å²) >= 11 is 0. The minimum Gasteiger partial charge on any atom is -0.325 e. The number of hydrogen-bond donors (Lipinski definition) is 1. The lowest BCUT2D eigenvalue weighted by atomic mass is 10.0. The zero-order valence-electron chi connectivity index (χ0n) is 6.53. The van der Waals surface area contributed by atoms with Gasteiger partial charge in [-0.2, -0.15) is 5.26 Å². The second-order valence-electron chi connectivity index (χ2n) is 3.63. The number of nitrogens with two attached hydrogens (primary N) is 1. The van der Waals surface area contributed by atoms with E-state index in [9.17, 15) is 0 Å². The van der Waals surface area contributed by atoms with Crippen LogP contribution in [0.4, 0.5) is 0 Å². The predicted molar refractivity (Wildman–Crippen MR) is 41.7 cm³/mol. The maximum absolute atomic E-state index is 8.83. The van der Waals surface area contributed by atoms with Crippen LogP contribution in [0.5, 0.6) is 0 Å². The van der Waals surface area contributed by atoms with Gasteiger partial charge in [0.1, 0.15) is 6.04 Å². The van der Waals surface area contributed by atoms with Crippen molar-refractivity contribution in [2.45, 2.75) is 24.9 Å². The SMILES string of the molecule is N#C[C@H](C1CC1)N1CC(N)C1. The number of hydrogen-bond acceptors (Lipinski definition) is 3. The van der Waals surface area contributed by atoms with Crippen LogP contribution in [-0.4, -0.2) is 30.1 Å². The maximum atomic E-state index is 8.83. The van der Waals surface area contributed by atoms with Gasteiger partial charge in [-0.1, -0.05) is 0 Å². The lowest BCUT2D eigenvalue weighted by Gasteiger charge is -2.39. The Balaban J connectivity index is 1.87. The molecular formula is C8H13N3. The van der Waals surface area contributed by atoms with Gasteiger partial charge in [-0.25, -0.2) is 0 Å². The summed E-state index contributed by atoms with van der Waals surface area (Å²) in [4.78, 5) is 2.20. The lowest BCUT2D eigenvalue weighted by molar-refractivity contribution is 0.110. The Morgan fingerprint density at radius 3 is 2.45 bits per heavy atom. The maximum Gasteiger partial charge on any atom is 0.101 e. The van der Waals surface area contributed by atoms with Crippen molar-refractivity contribution in [3.05, 3.63) is 0 Å². The topological polar surface area (TPSA) is 53.0 Å². The van der Waals surface area contributed by atoms with Crippen molar-refractivity contribution >= 4 is 0 Å². The molecule has 1 atom stereocenters. The summed E-state index contributed by atoms with van der Waals surface area (Å²) in [5.74, 6) is 0.660. The lowest BCUT2D eigenvalue weighted by Crippen LogP contribution is -2.59. The standard InChI is InChI=1S/C8H13N3/c9-3-8(6-1-2-6)11-4-7(10)5-11/h6-8H,1-2,4-5,10H2/t8-/m1/s1. The van der Waals surface area contributed by atoms with E-state index in [0.717, 1.165) is 13.1 Å². The highest BCUT2D eigenvalue weighted by molar-refractivity contribution is 5.05. The van der Waals surface area contributed by atoms with Gasteiger partial charge in [0.25, 0.3) is 0 Å². The molecule has 1 heterocycles. The Bertz CT molecular complexity index is 186. The highest BCUT2D eigenvalue weighted by atomic mass is 15.2. The zero-order chi connectivity index (χ0) is 7.84. The highest BCUT2D eigenvalue weighted by Gasteiger charge is 2.39. The van der Waals surface area contributed by atoms with Crippen LogP contribution in [0.1, 0.15) is 12.8 Å². The summed E-state index contributed by atoms with van der Waals surface area (Å²) in [6.07, 6.45) is 2.48. The fourth-order valence-electron chi connectivity index (χ4n) is 1.67. The average Bonchev–Trinajstić information content (AvgIpc) is 2.69. The first-order valence-corrected chi connectivity index (χ1v) is 4.20. The van der Waals surface area contributed by atoms with E-state index in [4.69, 9.17) is 11.0 Å². The van der Waals surface area contributed by atoms with E-state index in [-0.39, 0.29) is 6.04 Å². The van der Waals surface area contributed by atoms with Gasteiger partial charge in [0.05, 0.1) is 6.07 Å². The van der Waals surface area contributed by atoms with Crippen molar-refractivity contribution in [2.75, 3.05) is 13.1 Å². The first-order chi connectivity index (χ1) is 5.31. The minimum atomic E-state index is 0.176. The molecule has 0 aromatic heterocycles. The van der Waals surface area contributed by atoms with Crippen LogP contribution in [-0.2, 0) is 0 Å². The Labute approximate surface area is 66.8 Å². The summed E-state index contributed by atoms with van der Waals surface area (Å²) in [7, 11) is 0. The van der Waals surface area contributed by atoms with Crippen LogP contribution in [0.15, 0.2) is 0 Å². The van der Waals surface area contributed by atoms with Gasteiger partial charge in [-0.3, -0.25) is 4.90 Å². The van der Waals surface area contributed by atoms with E-state index in [1.165, 1.54) is 12.8 Å². The molecule has 0 amide bonds. The van der Waals surface area contributed by atoms with E-state index in [2.05, 4.69) is 11.0 Å². The highest BCUT2D eigenvalue weighted by Crippen LogP contribution is 2.36. The molecule has 60 valence electrons. The van der Waals surface area contributed by atoms with Crippen LogP contribution < -0.4 is 5.73 Å². The molecule has 3 nitrogen and oxygen atoms in total. The Morgan fingerprint density at radius 2 is 2.09 bits per heavy atom. The van der Waals surface area contributed by atoms with Gasteiger partial charge < -0.3 is 5.73 Å². The van der Waals surface area contributed by atoms with Crippen molar-refractivity contribution < 1.29 is 0 Å². The van der Waals surface area contributed by atoms with Crippen molar-refractivity contribution in [1.82, 2.24) is 4.90 Å². The van der Waals surface area contributed by atoms with Gasteiger partial charge in [0, 0.05) is 19.1 Å². The Hall–Kier alpha value is -0.590. The smallest absolute Gasteiger partial charge is 0.101 e. The molecule has 2 rings (SSSR count). The number of likely N-dealkylation sites (tertiary alicyclic amines) is 1. The summed E-state index contributed by atoms with van der Waals surface area (Å²) in [6.45, 7) is 1.85. The Kier molecular flexibility index (Phi) is 1.59. The molecule has 0 bridgehead atoms. The quantitative estimate of drug-likeness (QED) is 0.601. The van der Waals surface area contributed by atoms with Crippen LogP contribution in [0, 0.1) is 17.2 Å². The molecule has 0 aromatic carbocycles. The number of rotatable bonds is 2. The molecule has 2 N–H and O–H groups in total. The molecule has 0 spiro atoms. The van der Waals surface area contributed by atoms with E-state index in [1.807, 2.05) is 0 Å². The van der Waals surface area contributed by atoms with Gasteiger partial charge in [-0.05, 0) is 18.8 Å². The second kappa shape index (κ2) is 2.47. The van der Waals surface area contributed by atoms with Gasteiger partial charge in [-0.15, -0.1) is 0 Å². The normalized spacial score (nSPS) is 29.1. The molecular weight excluding hydrogens is 138 g/mol. The fourth-order valence-corrected chi connectivity index (χ4v) is 1.67. The molecule has 3 heteroatoms. The van der Waals surface area contributed by atoms with E-state index in [0.29, 0.717) is 12.0 Å². The van der Waals surface area contributed by atoms with Gasteiger partial charge in [0.2, 0.25) is 0 Å². The summed E-state index contributed by atoms with van der Waals surface area (Å²) in [5.41, 5.74) is 5.63. The van der Waals surface area contributed by atoms with Crippen LogP contribution in [0.25, 0.3) is 0 Å². The minimum absolute atomic E-state index is 0.176. The molecule has 1 saturated carbocycles. The fraction of sp³-hybridized carbons (Fsp3) is 0.875. The zero-order valence-corrected chi connectivity index (χ0v) is 6.53.